The fraction of sp³-hybridized carbons (Fsp3) is 0.933. The SMILES string of the molecule is CCOC(=O)CC(C(C)CC(C)C)N1CCOCC1. The molecule has 1 aliphatic rings. The summed E-state index contributed by atoms with van der Waals surface area (Å²) in [6.45, 7) is 12.4. The Labute approximate surface area is 117 Å². The van der Waals surface area contributed by atoms with Crippen LogP contribution in [0.5, 0.6) is 0 Å². The van der Waals surface area contributed by atoms with Crippen LogP contribution in [-0.2, 0) is 14.3 Å². The fourth-order valence-corrected chi connectivity index (χ4v) is 2.89. The van der Waals surface area contributed by atoms with Crippen LogP contribution < -0.4 is 0 Å². The summed E-state index contributed by atoms with van der Waals surface area (Å²) < 4.78 is 10.5. The number of esters is 1. The molecule has 4 heteroatoms. The Hall–Kier alpha value is -0.610. The molecular formula is C15H29NO3. The maximum atomic E-state index is 11.8. The van der Waals surface area contributed by atoms with E-state index in [1.807, 2.05) is 6.92 Å². The summed E-state index contributed by atoms with van der Waals surface area (Å²) in [7, 11) is 0. The van der Waals surface area contributed by atoms with Gasteiger partial charge in [-0.2, -0.15) is 0 Å². The second kappa shape index (κ2) is 8.54. The number of hydrogen-bond acceptors (Lipinski definition) is 4. The van der Waals surface area contributed by atoms with Crippen molar-refractivity contribution in [2.75, 3.05) is 32.9 Å². The van der Waals surface area contributed by atoms with Gasteiger partial charge in [-0.3, -0.25) is 9.69 Å². The average Bonchev–Trinajstić information content (AvgIpc) is 2.36. The van der Waals surface area contributed by atoms with Gasteiger partial charge in [0.1, 0.15) is 0 Å². The van der Waals surface area contributed by atoms with Gasteiger partial charge in [0.25, 0.3) is 0 Å². The van der Waals surface area contributed by atoms with Crippen LogP contribution in [-0.4, -0.2) is 49.8 Å². The minimum Gasteiger partial charge on any atom is -0.466 e. The molecule has 1 rings (SSSR count). The standard InChI is InChI=1S/C15H29NO3/c1-5-19-15(17)11-14(13(4)10-12(2)3)16-6-8-18-9-7-16/h12-14H,5-11H2,1-4H3. The summed E-state index contributed by atoms with van der Waals surface area (Å²) in [6, 6.07) is 0.283. The van der Waals surface area contributed by atoms with E-state index in [1.54, 1.807) is 0 Å². The second-order valence-corrected chi connectivity index (χ2v) is 5.83. The quantitative estimate of drug-likeness (QED) is 0.666. The third-order valence-corrected chi connectivity index (χ3v) is 3.70. The van der Waals surface area contributed by atoms with Gasteiger partial charge in [-0.1, -0.05) is 20.8 Å². The summed E-state index contributed by atoms with van der Waals surface area (Å²) in [4.78, 5) is 14.2. The van der Waals surface area contributed by atoms with Crippen molar-refractivity contribution in [2.24, 2.45) is 11.8 Å². The number of morpholine rings is 1. The van der Waals surface area contributed by atoms with Gasteiger partial charge in [-0.25, -0.2) is 0 Å². The number of carbonyl (C=O) groups is 1. The van der Waals surface area contributed by atoms with E-state index >= 15 is 0 Å². The molecule has 0 amide bonds. The zero-order valence-electron chi connectivity index (χ0n) is 12.9. The highest BCUT2D eigenvalue weighted by Crippen LogP contribution is 2.23. The highest BCUT2D eigenvalue weighted by atomic mass is 16.5. The number of ether oxygens (including phenoxy) is 2. The van der Waals surface area contributed by atoms with Gasteiger partial charge < -0.3 is 9.47 Å². The zero-order chi connectivity index (χ0) is 14.3. The van der Waals surface area contributed by atoms with Crippen LogP contribution in [0.3, 0.4) is 0 Å². The lowest BCUT2D eigenvalue weighted by molar-refractivity contribution is -0.145. The molecule has 1 aliphatic heterocycles. The number of carbonyl (C=O) groups excluding carboxylic acids is 1. The number of nitrogens with zero attached hydrogens (tertiary/aromatic N) is 1. The van der Waals surface area contributed by atoms with Crippen molar-refractivity contribution in [2.45, 2.75) is 46.6 Å². The summed E-state index contributed by atoms with van der Waals surface area (Å²) >= 11 is 0. The molecule has 2 unspecified atom stereocenters. The third-order valence-electron chi connectivity index (χ3n) is 3.70. The van der Waals surface area contributed by atoms with Gasteiger partial charge in [-0.15, -0.1) is 0 Å². The molecule has 0 aromatic carbocycles. The smallest absolute Gasteiger partial charge is 0.307 e. The summed E-state index contributed by atoms with van der Waals surface area (Å²) in [6.07, 6.45) is 1.64. The van der Waals surface area contributed by atoms with Gasteiger partial charge in [0.15, 0.2) is 0 Å². The molecule has 4 nitrogen and oxygen atoms in total. The molecule has 0 aromatic heterocycles. The molecule has 0 saturated carbocycles. The predicted molar refractivity (Wildman–Crippen MR) is 76.0 cm³/mol. The van der Waals surface area contributed by atoms with Crippen LogP contribution in [0.4, 0.5) is 0 Å². The van der Waals surface area contributed by atoms with Crippen molar-refractivity contribution in [3.05, 3.63) is 0 Å². The van der Waals surface area contributed by atoms with Crippen LogP contribution in [0.2, 0.25) is 0 Å². The first-order valence-corrected chi connectivity index (χ1v) is 7.52. The minimum atomic E-state index is -0.0744. The normalized spacial score (nSPS) is 20.3. The molecule has 1 heterocycles. The van der Waals surface area contributed by atoms with E-state index < -0.39 is 0 Å². The first-order valence-electron chi connectivity index (χ1n) is 7.52. The van der Waals surface area contributed by atoms with E-state index in [0.29, 0.717) is 24.9 Å². The number of hydrogen-bond donors (Lipinski definition) is 0. The van der Waals surface area contributed by atoms with Crippen molar-refractivity contribution >= 4 is 5.97 Å². The molecule has 0 radical (unpaired) electrons. The maximum absolute atomic E-state index is 11.8. The van der Waals surface area contributed by atoms with Crippen molar-refractivity contribution in [3.63, 3.8) is 0 Å². The van der Waals surface area contributed by atoms with Crippen LogP contribution in [0.1, 0.15) is 40.5 Å². The Balaban J connectivity index is 2.62. The molecular weight excluding hydrogens is 242 g/mol. The second-order valence-electron chi connectivity index (χ2n) is 5.83. The molecule has 0 spiro atoms. The first kappa shape index (κ1) is 16.4. The summed E-state index contributed by atoms with van der Waals surface area (Å²) in [5.74, 6) is 1.08. The molecule has 0 N–H and O–H groups in total. The topological polar surface area (TPSA) is 38.8 Å². The monoisotopic (exact) mass is 271 g/mol. The average molecular weight is 271 g/mol. The summed E-state index contributed by atoms with van der Waals surface area (Å²) in [5.41, 5.74) is 0. The Morgan fingerprint density at radius 2 is 1.89 bits per heavy atom. The lowest BCUT2D eigenvalue weighted by Crippen LogP contribution is -2.47. The van der Waals surface area contributed by atoms with Gasteiger partial charge >= 0.3 is 5.97 Å². The largest absolute Gasteiger partial charge is 0.466 e. The first-order chi connectivity index (χ1) is 9.04. The van der Waals surface area contributed by atoms with E-state index in [2.05, 4.69) is 25.7 Å². The Kier molecular flexibility index (Phi) is 7.39. The molecule has 0 bridgehead atoms. The lowest BCUT2D eigenvalue weighted by Gasteiger charge is -2.38. The zero-order valence-corrected chi connectivity index (χ0v) is 12.9. The Bertz CT molecular complexity index is 262. The van der Waals surface area contributed by atoms with Gasteiger partial charge in [0.2, 0.25) is 0 Å². The highest BCUT2D eigenvalue weighted by Gasteiger charge is 2.29. The van der Waals surface area contributed by atoms with Crippen molar-refractivity contribution in [1.82, 2.24) is 4.90 Å². The van der Waals surface area contributed by atoms with Crippen molar-refractivity contribution < 1.29 is 14.3 Å². The molecule has 1 saturated heterocycles. The third kappa shape index (κ3) is 5.91. The van der Waals surface area contributed by atoms with E-state index in [0.717, 1.165) is 32.7 Å². The Morgan fingerprint density at radius 1 is 1.26 bits per heavy atom. The molecule has 0 aliphatic carbocycles. The highest BCUT2D eigenvalue weighted by molar-refractivity contribution is 5.70. The van der Waals surface area contributed by atoms with E-state index in [4.69, 9.17) is 9.47 Å². The fourth-order valence-electron chi connectivity index (χ4n) is 2.89. The van der Waals surface area contributed by atoms with Crippen LogP contribution >= 0.6 is 0 Å². The van der Waals surface area contributed by atoms with Crippen LogP contribution in [0, 0.1) is 11.8 Å². The van der Waals surface area contributed by atoms with Crippen molar-refractivity contribution in [1.29, 1.82) is 0 Å². The van der Waals surface area contributed by atoms with E-state index in [-0.39, 0.29) is 12.0 Å². The lowest BCUT2D eigenvalue weighted by atomic mass is 9.89. The molecule has 2 atom stereocenters. The molecule has 0 aromatic rings. The van der Waals surface area contributed by atoms with Gasteiger partial charge in [0, 0.05) is 19.1 Å². The van der Waals surface area contributed by atoms with Gasteiger partial charge in [-0.05, 0) is 25.2 Å². The maximum Gasteiger partial charge on any atom is 0.307 e. The Morgan fingerprint density at radius 3 is 2.42 bits per heavy atom. The minimum absolute atomic E-state index is 0.0744. The van der Waals surface area contributed by atoms with Crippen LogP contribution in [0.15, 0.2) is 0 Å². The summed E-state index contributed by atoms with van der Waals surface area (Å²) in [5, 5.41) is 0. The molecule has 112 valence electrons. The van der Waals surface area contributed by atoms with E-state index in [9.17, 15) is 4.79 Å². The predicted octanol–water partition coefficient (Wildman–Crippen LogP) is 2.32. The molecule has 19 heavy (non-hydrogen) atoms. The van der Waals surface area contributed by atoms with Crippen molar-refractivity contribution in [3.8, 4) is 0 Å². The van der Waals surface area contributed by atoms with Gasteiger partial charge in [0.05, 0.1) is 26.2 Å². The van der Waals surface area contributed by atoms with E-state index in [1.165, 1.54) is 0 Å². The number of rotatable bonds is 7. The van der Waals surface area contributed by atoms with Crippen LogP contribution in [0.25, 0.3) is 0 Å². The molecule has 1 fully saturated rings.